The SMILES string of the molecule is CC(CC(=O)OCCOCCOCCOCCOCCOCCOCCO)CC(C)(C)C. The van der Waals surface area contributed by atoms with Crippen molar-refractivity contribution in [3.05, 3.63) is 0 Å². The van der Waals surface area contributed by atoms with Gasteiger partial charge in [-0.15, -0.1) is 0 Å². The number of carbonyl (C=O) groups is 1. The zero-order valence-electron chi connectivity index (χ0n) is 20.6. The van der Waals surface area contributed by atoms with Crippen LogP contribution in [0.1, 0.15) is 40.5 Å². The summed E-state index contributed by atoms with van der Waals surface area (Å²) >= 11 is 0. The number of rotatable bonds is 23. The Morgan fingerprint density at radius 2 is 1.00 bits per heavy atom. The molecule has 0 saturated carbocycles. The van der Waals surface area contributed by atoms with Crippen LogP contribution in [0.15, 0.2) is 0 Å². The fourth-order valence-electron chi connectivity index (χ4n) is 2.94. The Morgan fingerprint density at radius 1 is 0.656 bits per heavy atom. The Kier molecular flexibility index (Phi) is 21.4. The molecule has 0 heterocycles. The highest BCUT2D eigenvalue weighted by Crippen LogP contribution is 2.26. The molecule has 9 nitrogen and oxygen atoms in total. The predicted molar refractivity (Wildman–Crippen MR) is 121 cm³/mol. The van der Waals surface area contributed by atoms with Crippen molar-refractivity contribution in [1.29, 1.82) is 0 Å². The van der Waals surface area contributed by atoms with Crippen LogP contribution in [0.25, 0.3) is 0 Å². The minimum absolute atomic E-state index is 0.0261. The minimum Gasteiger partial charge on any atom is -0.463 e. The highest BCUT2D eigenvalue weighted by atomic mass is 16.6. The van der Waals surface area contributed by atoms with Crippen LogP contribution in [0.2, 0.25) is 0 Å². The number of aliphatic hydroxyl groups excluding tert-OH is 1. The van der Waals surface area contributed by atoms with Crippen LogP contribution in [0.4, 0.5) is 0 Å². The third kappa shape index (κ3) is 25.5. The summed E-state index contributed by atoms with van der Waals surface area (Å²) in [5, 5.41) is 8.54. The van der Waals surface area contributed by atoms with E-state index < -0.39 is 0 Å². The molecule has 1 atom stereocenters. The highest BCUT2D eigenvalue weighted by Gasteiger charge is 2.18. The molecule has 32 heavy (non-hydrogen) atoms. The van der Waals surface area contributed by atoms with Crippen LogP contribution >= 0.6 is 0 Å². The molecule has 1 N–H and O–H groups in total. The van der Waals surface area contributed by atoms with E-state index in [0.717, 1.165) is 6.42 Å². The molecule has 0 spiro atoms. The molecule has 0 bridgehead atoms. The van der Waals surface area contributed by atoms with Gasteiger partial charge in [0.2, 0.25) is 0 Å². The van der Waals surface area contributed by atoms with E-state index in [1.807, 2.05) is 0 Å². The second kappa shape index (κ2) is 22.0. The lowest BCUT2D eigenvalue weighted by molar-refractivity contribution is -0.146. The van der Waals surface area contributed by atoms with Gasteiger partial charge in [-0.05, 0) is 17.8 Å². The van der Waals surface area contributed by atoms with Crippen LogP contribution < -0.4 is 0 Å². The average Bonchev–Trinajstić information content (AvgIpc) is 2.70. The number of ether oxygens (including phenoxy) is 7. The first-order chi connectivity index (χ1) is 15.3. The number of hydrogen-bond acceptors (Lipinski definition) is 9. The quantitative estimate of drug-likeness (QED) is 0.179. The van der Waals surface area contributed by atoms with E-state index in [1.165, 1.54) is 0 Å². The van der Waals surface area contributed by atoms with E-state index in [9.17, 15) is 4.79 Å². The van der Waals surface area contributed by atoms with Gasteiger partial charge in [0, 0.05) is 6.42 Å². The molecule has 0 amide bonds. The molecule has 0 radical (unpaired) electrons. The molecule has 1 unspecified atom stereocenters. The van der Waals surface area contributed by atoms with Crippen molar-refractivity contribution in [2.75, 3.05) is 92.5 Å². The van der Waals surface area contributed by atoms with Crippen LogP contribution in [0.5, 0.6) is 0 Å². The minimum atomic E-state index is -0.168. The first-order valence-corrected chi connectivity index (χ1v) is 11.6. The van der Waals surface area contributed by atoms with Crippen molar-refractivity contribution in [2.45, 2.75) is 40.5 Å². The van der Waals surface area contributed by atoms with Gasteiger partial charge in [-0.1, -0.05) is 27.7 Å². The fraction of sp³-hybridized carbons (Fsp3) is 0.957. The normalized spacial score (nSPS) is 12.8. The van der Waals surface area contributed by atoms with Crippen molar-refractivity contribution in [1.82, 2.24) is 0 Å². The molecule has 0 aromatic rings. The Bertz CT molecular complexity index is 413. The summed E-state index contributed by atoms with van der Waals surface area (Å²) in [6, 6.07) is 0. The third-order valence-electron chi connectivity index (χ3n) is 4.06. The van der Waals surface area contributed by atoms with Gasteiger partial charge < -0.3 is 38.3 Å². The number of hydrogen-bond donors (Lipinski definition) is 1. The standard InChI is InChI=1S/C23H46O9/c1-21(20-23(2,3)4)19-22(25)32-18-17-31-16-15-30-14-13-29-12-11-28-10-9-27-8-7-26-6-5-24/h21,24H,5-20H2,1-4H3. The van der Waals surface area contributed by atoms with E-state index >= 15 is 0 Å². The van der Waals surface area contributed by atoms with Crippen molar-refractivity contribution < 1.29 is 43.1 Å². The van der Waals surface area contributed by atoms with E-state index in [4.69, 9.17) is 38.3 Å². The molecule has 192 valence electrons. The third-order valence-corrected chi connectivity index (χ3v) is 4.06. The molecule has 0 aromatic heterocycles. The zero-order chi connectivity index (χ0) is 23.9. The van der Waals surface area contributed by atoms with E-state index in [1.54, 1.807) is 0 Å². The molecule has 0 aliphatic heterocycles. The van der Waals surface area contributed by atoms with Gasteiger partial charge in [-0.25, -0.2) is 0 Å². The summed E-state index contributed by atoms with van der Waals surface area (Å²) in [5.74, 6) is 0.146. The molecule has 0 aromatic carbocycles. The Hall–Kier alpha value is -0.810. The molecule has 0 saturated heterocycles. The van der Waals surface area contributed by atoms with Gasteiger partial charge in [0.15, 0.2) is 0 Å². The molecule has 9 heteroatoms. The fourth-order valence-corrected chi connectivity index (χ4v) is 2.94. The second-order valence-electron chi connectivity index (χ2n) is 8.69. The van der Waals surface area contributed by atoms with Gasteiger partial charge >= 0.3 is 5.97 Å². The molecular formula is C23H46O9. The molecule has 0 rings (SSSR count). The summed E-state index contributed by atoms with van der Waals surface area (Å²) in [5.41, 5.74) is 0.217. The van der Waals surface area contributed by atoms with Crippen LogP contribution in [0, 0.1) is 11.3 Å². The summed E-state index contributed by atoms with van der Waals surface area (Å²) < 4.78 is 37.2. The summed E-state index contributed by atoms with van der Waals surface area (Å²) in [6.07, 6.45) is 1.44. The Morgan fingerprint density at radius 3 is 1.34 bits per heavy atom. The topological polar surface area (TPSA) is 102 Å². The van der Waals surface area contributed by atoms with Gasteiger partial charge in [0.1, 0.15) is 6.61 Å². The van der Waals surface area contributed by atoms with Crippen LogP contribution in [0.3, 0.4) is 0 Å². The summed E-state index contributed by atoms with van der Waals surface area (Å²) in [4.78, 5) is 11.8. The maximum Gasteiger partial charge on any atom is 0.306 e. The smallest absolute Gasteiger partial charge is 0.306 e. The maximum atomic E-state index is 11.8. The monoisotopic (exact) mass is 466 g/mol. The lowest BCUT2D eigenvalue weighted by atomic mass is 9.84. The zero-order valence-corrected chi connectivity index (χ0v) is 20.6. The number of esters is 1. The van der Waals surface area contributed by atoms with Crippen molar-refractivity contribution in [2.24, 2.45) is 11.3 Å². The van der Waals surface area contributed by atoms with Crippen molar-refractivity contribution in [3.8, 4) is 0 Å². The van der Waals surface area contributed by atoms with Gasteiger partial charge in [0.25, 0.3) is 0 Å². The first-order valence-electron chi connectivity index (χ1n) is 11.6. The first kappa shape index (κ1) is 31.2. The lowest BCUT2D eigenvalue weighted by Crippen LogP contribution is -2.18. The van der Waals surface area contributed by atoms with E-state index in [0.29, 0.717) is 91.6 Å². The van der Waals surface area contributed by atoms with Crippen molar-refractivity contribution in [3.63, 3.8) is 0 Å². The summed E-state index contributed by atoms with van der Waals surface area (Å²) in [6.45, 7) is 14.5. The number of aliphatic hydroxyl groups is 1. The van der Waals surface area contributed by atoms with Crippen LogP contribution in [-0.2, 0) is 38.0 Å². The van der Waals surface area contributed by atoms with E-state index in [2.05, 4.69) is 27.7 Å². The van der Waals surface area contributed by atoms with Gasteiger partial charge in [-0.2, -0.15) is 0 Å². The molecular weight excluding hydrogens is 420 g/mol. The molecule has 0 aliphatic carbocycles. The van der Waals surface area contributed by atoms with Gasteiger partial charge in [0.05, 0.1) is 85.9 Å². The second-order valence-corrected chi connectivity index (χ2v) is 8.69. The summed E-state index contributed by atoms with van der Waals surface area (Å²) in [7, 11) is 0. The highest BCUT2D eigenvalue weighted by molar-refractivity contribution is 5.69. The molecule has 0 fully saturated rings. The maximum absolute atomic E-state index is 11.8. The molecule has 0 aliphatic rings. The van der Waals surface area contributed by atoms with Crippen molar-refractivity contribution >= 4 is 5.97 Å². The largest absolute Gasteiger partial charge is 0.463 e. The Labute approximate surface area is 194 Å². The Balaban J connectivity index is 3.21. The predicted octanol–water partition coefficient (Wildman–Crippen LogP) is 2.08. The van der Waals surface area contributed by atoms with Gasteiger partial charge in [-0.3, -0.25) is 4.79 Å². The van der Waals surface area contributed by atoms with E-state index in [-0.39, 0.29) is 24.6 Å². The van der Waals surface area contributed by atoms with Crippen LogP contribution in [-0.4, -0.2) is 104 Å². The number of carbonyl (C=O) groups excluding carboxylic acids is 1. The lowest BCUT2D eigenvalue weighted by Gasteiger charge is -2.22. The average molecular weight is 467 g/mol.